The molecule has 19 heavy (non-hydrogen) atoms. The van der Waals surface area contributed by atoms with Gasteiger partial charge in [0.25, 0.3) is 0 Å². The van der Waals surface area contributed by atoms with Crippen molar-refractivity contribution in [3.05, 3.63) is 28.7 Å². The highest BCUT2D eigenvalue weighted by Crippen LogP contribution is 2.22. The van der Waals surface area contributed by atoms with Gasteiger partial charge in [-0.3, -0.25) is 4.79 Å². The molecule has 1 saturated heterocycles. The summed E-state index contributed by atoms with van der Waals surface area (Å²) < 4.78 is 31.9. The average molecular weight is 349 g/mol. The minimum absolute atomic E-state index is 0.00884. The number of ether oxygens (including phenoxy) is 1. The van der Waals surface area contributed by atoms with E-state index in [4.69, 9.17) is 10.5 Å². The van der Waals surface area contributed by atoms with Gasteiger partial charge >= 0.3 is 0 Å². The molecule has 0 aromatic heterocycles. The minimum atomic E-state index is -3.74. The molecule has 2 N–H and O–H groups in total. The van der Waals surface area contributed by atoms with E-state index in [1.807, 2.05) is 0 Å². The zero-order valence-electron chi connectivity index (χ0n) is 9.95. The number of primary amides is 1. The minimum Gasteiger partial charge on any atom is -0.378 e. The van der Waals surface area contributed by atoms with Crippen LogP contribution in [-0.4, -0.2) is 44.4 Å². The van der Waals surface area contributed by atoms with E-state index in [0.717, 1.165) is 8.78 Å². The Morgan fingerprint density at radius 1 is 1.37 bits per heavy atom. The summed E-state index contributed by atoms with van der Waals surface area (Å²) in [4.78, 5) is 11.5. The predicted molar refractivity (Wildman–Crippen MR) is 71.8 cm³/mol. The number of amides is 1. The van der Waals surface area contributed by atoms with Gasteiger partial charge in [0.2, 0.25) is 15.9 Å². The molecular weight excluding hydrogens is 336 g/mol. The number of carbonyl (C=O) groups is 1. The second-order valence-corrected chi connectivity index (χ2v) is 6.87. The van der Waals surface area contributed by atoms with E-state index in [9.17, 15) is 13.2 Å². The highest BCUT2D eigenvalue weighted by atomic mass is 79.9. The molecule has 0 aliphatic carbocycles. The molecule has 1 aliphatic rings. The maximum atomic E-state index is 12.5. The standard InChI is InChI=1S/C11H13BrN2O4S/c12-8-1-3-9(4-2-8)19(16,17)14-5-6-18-7-10(14)11(13)15/h1-4,10H,5-7H2,(H2,13,15). The van der Waals surface area contributed by atoms with Crippen molar-refractivity contribution in [3.63, 3.8) is 0 Å². The Hall–Kier alpha value is -0.960. The summed E-state index contributed by atoms with van der Waals surface area (Å²) in [6.45, 7) is 0.358. The van der Waals surface area contributed by atoms with Crippen LogP contribution in [0.3, 0.4) is 0 Å². The van der Waals surface area contributed by atoms with E-state index in [-0.39, 0.29) is 24.7 Å². The lowest BCUT2D eigenvalue weighted by Gasteiger charge is -2.32. The van der Waals surface area contributed by atoms with Crippen LogP contribution in [0.15, 0.2) is 33.6 Å². The van der Waals surface area contributed by atoms with Gasteiger partial charge in [0.1, 0.15) is 6.04 Å². The maximum absolute atomic E-state index is 12.5. The van der Waals surface area contributed by atoms with Crippen LogP contribution in [-0.2, 0) is 19.6 Å². The number of nitrogens with two attached hydrogens (primary N) is 1. The monoisotopic (exact) mass is 348 g/mol. The molecule has 8 heteroatoms. The lowest BCUT2D eigenvalue weighted by atomic mass is 10.3. The molecule has 0 bridgehead atoms. The molecule has 2 rings (SSSR count). The molecule has 104 valence electrons. The van der Waals surface area contributed by atoms with Gasteiger partial charge in [0.05, 0.1) is 18.1 Å². The molecule has 1 aromatic carbocycles. The molecule has 1 aliphatic heterocycles. The van der Waals surface area contributed by atoms with Crippen LogP contribution >= 0.6 is 15.9 Å². The topological polar surface area (TPSA) is 89.7 Å². The van der Waals surface area contributed by atoms with Crippen LogP contribution in [0.25, 0.3) is 0 Å². The first kappa shape index (κ1) is 14.4. The van der Waals surface area contributed by atoms with Crippen molar-refractivity contribution < 1.29 is 17.9 Å². The first-order chi connectivity index (χ1) is 8.93. The molecule has 1 amide bonds. The van der Waals surface area contributed by atoms with Crippen LogP contribution in [0.5, 0.6) is 0 Å². The Balaban J connectivity index is 2.37. The number of hydrogen-bond donors (Lipinski definition) is 1. The van der Waals surface area contributed by atoms with E-state index in [1.165, 1.54) is 12.1 Å². The van der Waals surface area contributed by atoms with Gasteiger partial charge in [-0.15, -0.1) is 0 Å². The first-order valence-corrected chi connectivity index (χ1v) is 7.80. The third kappa shape index (κ3) is 2.97. The quantitative estimate of drug-likeness (QED) is 0.851. The third-order valence-corrected chi connectivity index (χ3v) is 5.28. The summed E-state index contributed by atoms with van der Waals surface area (Å²) in [6, 6.07) is 5.27. The fourth-order valence-electron chi connectivity index (χ4n) is 1.84. The Labute approximate surface area is 119 Å². The van der Waals surface area contributed by atoms with Crippen LogP contribution in [0.2, 0.25) is 0 Å². The number of halogens is 1. The highest BCUT2D eigenvalue weighted by Gasteiger charge is 2.37. The second-order valence-electron chi connectivity index (χ2n) is 4.06. The number of rotatable bonds is 3. The number of morpholine rings is 1. The van der Waals surface area contributed by atoms with Crippen molar-refractivity contribution in [2.45, 2.75) is 10.9 Å². The summed E-state index contributed by atoms with van der Waals surface area (Å²) in [5, 5.41) is 0. The Morgan fingerprint density at radius 3 is 2.58 bits per heavy atom. The van der Waals surface area contributed by atoms with Gasteiger partial charge in [-0.2, -0.15) is 4.31 Å². The summed E-state index contributed by atoms with van der Waals surface area (Å²) in [5.41, 5.74) is 5.22. The molecule has 1 aromatic rings. The van der Waals surface area contributed by atoms with Crippen molar-refractivity contribution in [1.82, 2.24) is 4.31 Å². The average Bonchev–Trinajstić information content (AvgIpc) is 2.39. The fraction of sp³-hybridized carbons (Fsp3) is 0.364. The van der Waals surface area contributed by atoms with Gasteiger partial charge in [0, 0.05) is 11.0 Å². The van der Waals surface area contributed by atoms with Crippen LogP contribution in [0, 0.1) is 0 Å². The number of nitrogens with zero attached hydrogens (tertiary/aromatic N) is 1. The molecular formula is C11H13BrN2O4S. The zero-order chi connectivity index (χ0) is 14.0. The molecule has 6 nitrogen and oxygen atoms in total. The summed E-state index contributed by atoms with van der Waals surface area (Å²) in [5.74, 6) is -0.708. The normalized spacial score (nSPS) is 21.2. The molecule has 1 fully saturated rings. The van der Waals surface area contributed by atoms with Gasteiger partial charge in [0.15, 0.2) is 0 Å². The van der Waals surface area contributed by atoms with Crippen molar-refractivity contribution in [3.8, 4) is 0 Å². The van der Waals surface area contributed by atoms with Crippen molar-refractivity contribution in [2.24, 2.45) is 5.73 Å². The number of sulfonamides is 1. The SMILES string of the molecule is NC(=O)C1COCCN1S(=O)(=O)c1ccc(Br)cc1. The summed E-state index contributed by atoms with van der Waals surface area (Å²) in [7, 11) is -3.74. The van der Waals surface area contributed by atoms with Crippen molar-refractivity contribution in [2.75, 3.05) is 19.8 Å². The number of hydrogen-bond acceptors (Lipinski definition) is 4. The van der Waals surface area contributed by atoms with Gasteiger partial charge in [-0.25, -0.2) is 8.42 Å². The lowest BCUT2D eigenvalue weighted by Crippen LogP contribution is -2.54. The van der Waals surface area contributed by atoms with Crippen LogP contribution < -0.4 is 5.73 Å². The van der Waals surface area contributed by atoms with Gasteiger partial charge in [-0.1, -0.05) is 15.9 Å². The molecule has 1 atom stereocenters. The Kier molecular flexibility index (Phi) is 4.24. The highest BCUT2D eigenvalue weighted by molar-refractivity contribution is 9.10. The Morgan fingerprint density at radius 2 is 2.00 bits per heavy atom. The van der Waals surface area contributed by atoms with E-state index in [0.29, 0.717) is 0 Å². The molecule has 1 unspecified atom stereocenters. The largest absolute Gasteiger partial charge is 0.378 e. The Bertz CT molecular complexity index is 573. The second kappa shape index (κ2) is 5.58. The first-order valence-electron chi connectivity index (χ1n) is 5.57. The van der Waals surface area contributed by atoms with Crippen molar-refractivity contribution in [1.29, 1.82) is 0 Å². The van der Waals surface area contributed by atoms with Crippen LogP contribution in [0.4, 0.5) is 0 Å². The van der Waals surface area contributed by atoms with Crippen molar-refractivity contribution >= 4 is 31.9 Å². The van der Waals surface area contributed by atoms with E-state index >= 15 is 0 Å². The van der Waals surface area contributed by atoms with Gasteiger partial charge < -0.3 is 10.5 Å². The lowest BCUT2D eigenvalue weighted by molar-refractivity contribution is -0.125. The predicted octanol–water partition coefficient (Wildman–Crippen LogP) is 0.324. The van der Waals surface area contributed by atoms with E-state index in [2.05, 4.69) is 15.9 Å². The van der Waals surface area contributed by atoms with Gasteiger partial charge in [-0.05, 0) is 24.3 Å². The third-order valence-electron chi connectivity index (χ3n) is 2.83. The van der Waals surface area contributed by atoms with E-state index < -0.39 is 22.0 Å². The summed E-state index contributed by atoms with van der Waals surface area (Å²) >= 11 is 3.24. The molecule has 0 radical (unpaired) electrons. The number of carbonyl (C=O) groups excluding carboxylic acids is 1. The van der Waals surface area contributed by atoms with E-state index in [1.54, 1.807) is 12.1 Å². The van der Waals surface area contributed by atoms with Crippen LogP contribution in [0.1, 0.15) is 0 Å². The molecule has 0 saturated carbocycles. The maximum Gasteiger partial charge on any atom is 0.243 e. The summed E-state index contributed by atoms with van der Waals surface area (Å²) in [6.07, 6.45) is 0. The molecule has 0 spiro atoms. The number of benzene rings is 1. The smallest absolute Gasteiger partial charge is 0.243 e. The molecule has 1 heterocycles. The fourth-order valence-corrected chi connectivity index (χ4v) is 3.67. The zero-order valence-corrected chi connectivity index (χ0v) is 12.4.